The third-order valence-electron chi connectivity index (χ3n) is 1.62. The van der Waals surface area contributed by atoms with E-state index in [1.165, 1.54) is 6.20 Å². The van der Waals surface area contributed by atoms with Crippen LogP contribution in [-0.2, 0) is 9.53 Å². The molecule has 0 unspecified atom stereocenters. The molecule has 1 heterocycles. The van der Waals surface area contributed by atoms with Crippen LogP contribution >= 0.6 is 12.4 Å². The Bertz CT molecular complexity index is 343. The van der Waals surface area contributed by atoms with E-state index in [4.69, 9.17) is 0 Å². The zero-order valence-corrected chi connectivity index (χ0v) is 9.62. The number of hydrogen-bond donors (Lipinski definition) is 1. The van der Waals surface area contributed by atoms with Crippen LogP contribution in [0, 0.1) is 0 Å². The maximum Gasteiger partial charge on any atom is 0.325 e. The summed E-state index contributed by atoms with van der Waals surface area (Å²) in [5.74, 6) is -0.786. The average Bonchev–Trinajstić information content (AvgIpc) is 2.27. The van der Waals surface area contributed by atoms with Gasteiger partial charge in [-0.15, -0.1) is 12.4 Å². The van der Waals surface area contributed by atoms with E-state index in [0.717, 1.165) is 0 Å². The van der Waals surface area contributed by atoms with Gasteiger partial charge in [0.15, 0.2) is 0 Å². The molecule has 0 aromatic carbocycles. The molecule has 0 aliphatic heterocycles. The second-order valence-corrected chi connectivity index (χ2v) is 2.73. The molecule has 1 N–H and O–H groups in total. The Morgan fingerprint density at radius 1 is 1.50 bits per heavy atom. The SMILES string of the molecule is CCOC(=O)CNC(=O)c1cccnc1.Cl. The molecule has 0 saturated carbocycles. The van der Waals surface area contributed by atoms with Crippen LogP contribution in [0.3, 0.4) is 0 Å². The van der Waals surface area contributed by atoms with Crippen LogP contribution in [0.25, 0.3) is 0 Å². The molecule has 88 valence electrons. The van der Waals surface area contributed by atoms with Gasteiger partial charge in [-0.2, -0.15) is 0 Å². The predicted molar refractivity (Wildman–Crippen MR) is 60.5 cm³/mol. The highest BCUT2D eigenvalue weighted by atomic mass is 35.5. The van der Waals surface area contributed by atoms with Gasteiger partial charge in [-0.3, -0.25) is 14.6 Å². The van der Waals surface area contributed by atoms with E-state index >= 15 is 0 Å². The fourth-order valence-corrected chi connectivity index (χ4v) is 0.964. The first-order valence-electron chi connectivity index (χ1n) is 4.58. The zero-order chi connectivity index (χ0) is 11.1. The maximum atomic E-state index is 11.4. The Labute approximate surface area is 99.6 Å². The van der Waals surface area contributed by atoms with Crippen LogP contribution in [0.4, 0.5) is 0 Å². The van der Waals surface area contributed by atoms with Gasteiger partial charge in [-0.25, -0.2) is 0 Å². The molecule has 1 amide bonds. The summed E-state index contributed by atoms with van der Waals surface area (Å²) in [7, 11) is 0. The number of hydrogen-bond acceptors (Lipinski definition) is 4. The maximum absolute atomic E-state index is 11.4. The minimum absolute atomic E-state index is 0. The fraction of sp³-hybridized carbons (Fsp3) is 0.300. The van der Waals surface area contributed by atoms with Crippen LogP contribution < -0.4 is 5.32 Å². The topological polar surface area (TPSA) is 68.3 Å². The molecular formula is C10H13ClN2O3. The van der Waals surface area contributed by atoms with E-state index in [0.29, 0.717) is 12.2 Å². The number of carbonyl (C=O) groups excluding carboxylic acids is 2. The van der Waals surface area contributed by atoms with Crippen LogP contribution in [0.15, 0.2) is 24.5 Å². The summed E-state index contributed by atoms with van der Waals surface area (Å²) in [4.78, 5) is 26.1. The molecule has 0 atom stereocenters. The number of pyridine rings is 1. The minimum Gasteiger partial charge on any atom is -0.465 e. The van der Waals surface area contributed by atoms with Crippen molar-refractivity contribution in [3.63, 3.8) is 0 Å². The Hall–Kier alpha value is -1.62. The van der Waals surface area contributed by atoms with Gasteiger partial charge in [0.1, 0.15) is 6.54 Å². The lowest BCUT2D eigenvalue weighted by Gasteiger charge is -2.04. The van der Waals surface area contributed by atoms with Crippen molar-refractivity contribution >= 4 is 24.3 Å². The van der Waals surface area contributed by atoms with Crippen molar-refractivity contribution in [2.24, 2.45) is 0 Å². The smallest absolute Gasteiger partial charge is 0.325 e. The van der Waals surface area contributed by atoms with E-state index in [2.05, 4.69) is 15.0 Å². The summed E-state index contributed by atoms with van der Waals surface area (Å²) < 4.78 is 4.66. The Kier molecular flexibility index (Phi) is 6.87. The van der Waals surface area contributed by atoms with Crippen LogP contribution in [0.2, 0.25) is 0 Å². The number of nitrogens with zero attached hydrogens (tertiary/aromatic N) is 1. The largest absolute Gasteiger partial charge is 0.465 e. The van der Waals surface area contributed by atoms with Crippen molar-refractivity contribution in [2.45, 2.75) is 6.92 Å². The van der Waals surface area contributed by atoms with Gasteiger partial charge in [0.25, 0.3) is 5.91 Å². The number of aromatic nitrogens is 1. The Morgan fingerprint density at radius 2 is 2.25 bits per heavy atom. The second kappa shape index (κ2) is 7.64. The van der Waals surface area contributed by atoms with E-state index in [-0.39, 0.29) is 24.9 Å². The molecule has 0 spiro atoms. The molecule has 0 aliphatic carbocycles. The van der Waals surface area contributed by atoms with Gasteiger partial charge in [-0.1, -0.05) is 0 Å². The fourth-order valence-electron chi connectivity index (χ4n) is 0.964. The predicted octanol–water partition coefficient (Wildman–Crippen LogP) is 0.796. The van der Waals surface area contributed by atoms with Crippen molar-refractivity contribution in [3.05, 3.63) is 30.1 Å². The van der Waals surface area contributed by atoms with Crippen molar-refractivity contribution in [1.29, 1.82) is 0 Å². The van der Waals surface area contributed by atoms with Crippen molar-refractivity contribution in [3.8, 4) is 0 Å². The quantitative estimate of drug-likeness (QED) is 0.796. The molecule has 1 aromatic heterocycles. The number of nitrogens with one attached hydrogen (secondary N) is 1. The van der Waals surface area contributed by atoms with Gasteiger partial charge in [0, 0.05) is 12.4 Å². The zero-order valence-electron chi connectivity index (χ0n) is 8.80. The lowest BCUT2D eigenvalue weighted by molar-refractivity contribution is -0.141. The lowest BCUT2D eigenvalue weighted by atomic mass is 10.3. The summed E-state index contributed by atoms with van der Waals surface area (Å²) in [5.41, 5.74) is 0.418. The number of rotatable bonds is 4. The van der Waals surface area contributed by atoms with Gasteiger partial charge < -0.3 is 10.1 Å². The Balaban J connectivity index is 0.00000225. The highest BCUT2D eigenvalue weighted by molar-refractivity contribution is 5.95. The molecule has 0 saturated heterocycles. The number of amides is 1. The van der Waals surface area contributed by atoms with Gasteiger partial charge in [0.2, 0.25) is 0 Å². The molecule has 1 rings (SSSR count). The van der Waals surface area contributed by atoms with E-state index < -0.39 is 5.97 Å². The number of ether oxygens (including phenoxy) is 1. The Morgan fingerprint density at radius 3 is 2.81 bits per heavy atom. The molecule has 0 aliphatic rings. The summed E-state index contributed by atoms with van der Waals surface area (Å²) in [5, 5.41) is 2.43. The first-order valence-corrected chi connectivity index (χ1v) is 4.58. The molecule has 0 fully saturated rings. The lowest BCUT2D eigenvalue weighted by Crippen LogP contribution is -2.30. The van der Waals surface area contributed by atoms with Crippen molar-refractivity contribution in [2.75, 3.05) is 13.2 Å². The molecule has 16 heavy (non-hydrogen) atoms. The monoisotopic (exact) mass is 244 g/mol. The summed E-state index contributed by atoms with van der Waals surface area (Å²) in [6.45, 7) is 1.89. The minimum atomic E-state index is -0.449. The molecule has 6 heteroatoms. The van der Waals surface area contributed by atoms with E-state index in [1.807, 2.05) is 0 Å². The van der Waals surface area contributed by atoms with Crippen molar-refractivity contribution in [1.82, 2.24) is 10.3 Å². The number of carbonyl (C=O) groups is 2. The summed E-state index contributed by atoms with van der Waals surface area (Å²) in [6, 6.07) is 3.27. The van der Waals surface area contributed by atoms with Gasteiger partial charge in [0.05, 0.1) is 12.2 Å². The molecular weight excluding hydrogens is 232 g/mol. The molecule has 0 radical (unpaired) electrons. The molecule has 1 aromatic rings. The highest BCUT2D eigenvalue weighted by Crippen LogP contribution is 1.94. The highest BCUT2D eigenvalue weighted by Gasteiger charge is 2.07. The standard InChI is InChI=1S/C10H12N2O3.ClH/c1-2-15-9(13)7-12-10(14)8-4-3-5-11-6-8;/h3-6H,2,7H2,1H3,(H,12,14);1H. The van der Waals surface area contributed by atoms with Gasteiger partial charge >= 0.3 is 5.97 Å². The van der Waals surface area contributed by atoms with E-state index in [9.17, 15) is 9.59 Å². The molecule has 0 bridgehead atoms. The average molecular weight is 245 g/mol. The van der Waals surface area contributed by atoms with Crippen molar-refractivity contribution < 1.29 is 14.3 Å². The van der Waals surface area contributed by atoms with Crippen LogP contribution in [-0.4, -0.2) is 30.0 Å². The first-order chi connectivity index (χ1) is 7.24. The molecule has 5 nitrogen and oxygen atoms in total. The van der Waals surface area contributed by atoms with Crippen LogP contribution in [0.1, 0.15) is 17.3 Å². The summed E-state index contributed by atoms with van der Waals surface area (Å²) >= 11 is 0. The van der Waals surface area contributed by atoms with E-state index in [1.54, 1.807) is 25.3 Å². The van der Waals surface area contributed by atoms with Gasteiger partial charge in [-0.05, 0) is 19.1 Å². The van der Waals surface area contributed by atoms with Crippen LogP contribution in [0.5, 0.6) is 0 Å². The number of halogens is 1. The third-order valence-corrected chi connectivity index (χ3v) is 1.62. The second-order valence-electron chi connectivity index (χ2n) is 2.73. The number of esters is 1. The first kappa shape index (κ1) is 14.4. The third kappa shape index (κ3) is 4.75. The normalized spacial score (nSPS) is 8.81. The summed E-state index contributed by atoms with van der Waals surface area (Å²) in [6.07, 6.45) is 3.00.